The second-order valence-corrected chi connectivity index (χ2v) is 5.58. The molecule has 90 valence electrons. The highest BCUT2D eigenvalue weighted by Crippen LogP contribution is 2.37. The minimum Gasteiger partial charge on any atom is -0.516 e. The van der Waals surface area contributed by atoms with E-state index in [9.17, 15) is 0 Å². The second kappa shape index (κ2) is 4.08. The maximum Gasteiger partial charge on any atom is 0.713 e. The summed E-state index contributed by atoms with van der Waals surface area (Å²) < 4.78 is 17.3. The molecule has 0 aromatic carbocycles. The lowest BCUT2D eigenvalue weighted by Gasteiger charge is -2.31. The van der Waals surface area contributed by atoms with Crippen LogP contribution < -0.4 is 0 Å². The van der Waals surface area contributed by atoms with Gasteiger partial charge < -0.3 is 14.0 Å². The van der Waals surface area contributed by atoms with Crippen LogP contribution in [-0.2, 0) is 14.0 Å². The van der Waals surface area contributed by atoms with E-state index in [1.807, 2.05) is 27.7 Å². The molecule has 0 aromatic rings. The molecule has 0 aromatic heterocycles. The zero-order valence-electron chi connectivity index (χ0n) is 10.7. The lowest BCUT2D eigenvalue weighted by Crippen LogP contribution is -2.41. The van der Waals surface area contributed by atoms with E-state index >= 15 is 0 Å². The van der Waals surface area contributed by atoms with Crippen LogP contribution in [-0.4, -0.2) is 18.5 Å². The van der Waals surface area contributed by atoms with E-state index in [-0.39, 0.29) is 11.2 Å². The van der Waals surface area contributed by atoms with Crippen molar-refractivity contribution in [3.8, 4) is 0 Å². The SMILES string of the molecule is CC1(C)OB(OC2=CCCCC2)OC1(C)C. The fourth-order valence-corrected chi connectivity index (χ4v) is 1.88. The fourth-order valence-electron chi connectivity index (χ4n) is 1.88. The van der Waals surface area contributed by atoms with Crippen LogP contribution in [0.25, 0.3) is 0 Å². The minimum absolute atomic E-state index is 0.313. The van der Waals surface area contributed by atoms with Crippen LogP contribution in [0.3, 0.4) is 0 Å². The highest BCUT2D eigenvalue weighted by atomic mass is 16.8. The maximum atomic E-state index is 5.78. The van der Waals surface area contributed by atoms with Crippen molar-refractivity contribution in [2.24, 2.45) is 0 Å². The summed E-state index contributed by atoms with van der Waals surface area (Å²) >= 11 is 0. The molecule has 1 saturated heterocycles. The fraction of sp³-hybridized carbons (Fsp3) is 0.833. The van der Waals surface area contributed by atoms with E-state index in [1.54, 1.807) is 0 Å². The molecule has 0 spiro atoms. The number of rotatable bonds is 2. The van der Waals surface area contributed by atoms with Gasteiger partial charge in [0.2, 0.25) is 0 Å². The van der Waals surface area contributed by atoms with Gasteiger partial charge in [0, 0.05) is 6.42 Å². The Kier molecular flexibility index (Phi) is 3.06. The molecular weight excluding hydrogens is 203 g/mol. The van der Waals surface area contributed by atoms with Crippen LogP contribution in [0.1, 0.15) is 53.4 Å². The number of allylic oxidation sites excluding steroid dienone is 2. The zero-order chi connectivity index (χ0) is 11.8. The monoisotopic (exact) mass is 224 g/mol. The molecule has 4 heteroatoms. The van der Waals surface area contributed by atoms with Gasteiger partial charge in [0.05, 0.1) is 17.0 Å². The molecule has 1 aliphatic heterocycles. The van der Waals surface area contributed by atoms with Crippen LogP contribution in [0, 0.1) is 0 Å². The van der Waals surface area contributed by atoms with E-state index in [1.165, 1.54) is 12.8 Å². The van der Waals surface area contributed by atoms with Gasteiger partial charge in [-0.3, -0.25) is 0 Å². The molecule has 3 nitrogen and oxygen atoms in total. The molecule has 0 N–H and O–H groups in total. The highest BCUT2D eigenvalue weighted by molar-refractivity contribution is 6.38. The van der Waals surface area contributed by atoms with Crippen LogP contribution in [0.2, 0.25) is 0 Å². The highest BCUT2D eigenvalue weighted by Gasteiger charge is 2.54. The molecule has 2 rings (SSSR count). The molecule has 1 fully saturated rings. The summed E-state index contributed by atoms with van der Waals surface area (Å²) in [5.74, 6) is 1.02. The van der Waals surface area contributed by atoms with E-state index < -0.39 is 7.32 Å². The van der Waals surface area contributed by atoms with Gasteiger partial charge in [-0.25, -0.2) is 0 Å². The lowest BCUT2D eigenvalue weighted by molar-refractivity contribution is 0.00578. The van der Waals surface area contributed by atoms with Gasteiger partial charge in [0.15, 0.2) is 0 Å². The molecule has 0 saturated carbocycles. The topological polar surface area (TPSA) is 27.7 Å². The van der Waals surface area contributed by atoms with E-state index in [0.717, 1.165) is 18.6 Å². The van der Waals surface area contributed by atoms with Crippen molar-refractivity contribution in [3.63, 3.8) is 0 Å². The van der Waals surface area contributed by atoms with Gasteiger partial charge >= 0.3 is 7.32 Å². The molecule has 0 radical (unpaired) electrons. The third-order valence-corrected chi connectivity index (χ3v) is 3.73. The molecule has 0 unspecified atom stereocenters. The molecular formula is C12H21BO3. The van der Waals surface area contributed by atoms with Crippen molar-refractivity contribution in [2.75, 3.05) is 0 Å². The number of hydrogen-bond donors (Lipinski definition) is 0. The Bertz CT molecular complexity index is 281. The summed E-state index contributed by atoms with van der Waals surface area (Å²) in [7, 11) is -0.547. The van der Waals surface area contributed by atoms with Crippen molar-refractivity contribution in [1.82, 2.24) is 0 Å². The largest absolute Gasteiger partial charge is 0.713 e. The summed E-state index contributed by atoms with van der Waals surface area (Å²) in [6.07, 6.45) is 6.72. The van der Waals surface area contributed by atoms with Crippen molar-refractivity contribution in [1.29, 1.82) is 0 Å². The van der Waals surface area contributed by atoms with Crippen molar-refractivity contribution >= 4 is 7.32 Å². The van der Waals surface area contributed by atoms with Gasteiger partial charge in [0.1, 0.15) is 0 Å². The van der Waals surface area contributed by atoms with Gasteiger partial charge in [-0.05, 0) is 53.0 Å². The van der Waals surface area contributed by atoms with E-state index in [4.69, 9.17) is 14.0 Å². The van der Waals surface area contributed by atoms with Crippen LogP contribution in [0.4, 0.5) is 0 Å². The summed E-state index contributed by atoms with van der Waals surface area (Å²) in [5, 5.41) is 0. The first-order chi connectivity index (χ1) is 7.41. The Labute approximate surface area is 98.3 Å². The summed E-state index contributed by atoms with van der Waals surface area (Å²) in [6, 6.07) is 0. The molecule has 1 heterocycles. The average molecular weight is 224 g/mol. The van der Waals surface area contributed by atoms with Crippen molar-refractivity contribution in [2.45, 2.75) is 64.6 Å². The molecule has 0 bridgehead atoms. The van der Waals surface area contributed by atoms with Gasteiger partial charge in [-0.15, -0.1) is 0 Å². The average Bonchev–Trinajstić information content (AvgIpc) is 2.36. The predicted molar refractivity (Wildman–Crippen MR) is 63.7 cm³/mol. The van der Waals surface area contributed by atoms with Crippen LogP contribution >= 0.6 is 0 Å². The molecule has 0 amide bonds. The van der Waals surface area contributed by atoms with Crippen molar-refractivity contribution < 1.29 is 14.0 Å². The van der Waals surface area contributed by atoms with Crippen LogP contribution in [0.15, 0.2) is 11.8 Å². The van der Waals surface area contributed by atoms with E-state index in [0.29, 0.717) is 0 Å². The quantitative estimate of drug-likeness (QED) is 0.674. The molecule has 16 heavy (non-hydrogen) atoms. The Morgan fingerprint density at radius 1 is 1.12 bits per heavy atom. The van der Waals surface area contributed by atoms with Crippen LogP contribution in [0.5, 0.6) is 0 Å². The first-order valence-corrected chi connectivity index (χ1v) is 6.12. The molecule has 2 aliphatic rings. The zero-order valence-corrected chi connectivity index (χ0v) is 10.7. The Morgan fingerprint density at radius 3 is 2.25 bits per heavy atom. The molecule has 1 aliphatic carbocycles. The Morgan fingerprint density at radius 2 is 1.75 bits per heavy atom. The Balaban J connectivity index is 1.96. The van der Waals surface area contributed by atoms with Gasteiger partial charge in [0.25, 0.3) is 0 Å². The third-order valence-electron chi connectivity index (χ3n) is 3.73. The smallest absolute Gasteiger partial charge is 0.516 e. The third kappa shape index (κ3) is 2.28. The van der Waals surface area contributed by atoms with Gasteiger partial charge in [-0.2, -0.15) is 0 Å². The molecule has 0 atom stereocenters. The summed E-state index contributed by atoms with van der Waals surface area (Å²) in [6.45, 7) is 8.13. The van der Waals surface area contributed by atoms with Gasteiger partial charge in [-0.1, -0.05) is 0 Å². The Hall–Kier alpha value is -0.475. The number of hydrogen-bond acceptors (Lipinski definition) is 3. The first-order valence-electron chi connectivity index (χ1n) is 6.12. The summed E-state index contributed by atoms with van der Waals surface area (Å²) in [5.41, 5.74) is -0.625. The van der Waals surface area contributed by atoms with E-state index in [2.05, 4.69) is 6.08 Å². The first kappa shape index (κ1) is 12.0. The normalized spacial score (nSPS) is 27.8. The lowest BCUT2D eigenvalue weighted by atomic mass is 9.90. The second-order valence-electron chi connectivity index (χ2n) is 5.58. The van der Waals surface area contributed by atoms with Crippen molar-refractivity contribution in [3.05, 3.63) is 11.8 Å². The standard InChI is InChI=1S/C12H21BO3/c1-11(2)12(3,4)16-13(15-11)14-10-8-6-5-7-9-10/h8H,5-7,9H2,1-4H3. The maximum absolute atomic E-state index is 5.78. The predicted octanol–water partition coefficient (Wildman–Crippen LogP) is 3.05. The summed E-state index contributed by atoms with van der Waals surface area (Å²) in [4.78, 5) is 0. The minimum atomic E-state index is -0.547.